The first-order valence-electron chi connectivity index (χ1n) is 10.7. The zero-order valence-electron chi connectivity index (χ0n) is 17.7. The summed E-state index contributed by atoms with van der Waals surface area (Å²) in [6, 6.07) is 17.9. The van der Waals surface area contributed by atoms with Crippen LogP contribution in [0.3, 0.4) is 0 Å². The normalized spacial score (nSPS) is 24.4. The molecule has 0 aromatic heterocycles. The Morgan fingerprint density at radius 1 is 0.800 bits per heavy atom. The molecule has 3 unspecified atom stereocenters. The van der Waals surface area contributed by atoms with Gasteiger partial charge in [-0.15, -0.1) is 0 Å². The molecule has 1 aliphatic carbocycles. The number of hydrogen-bond acceptors (Lipinski definition) is 5. The third-order valence-electron chi connectivity index (χ3n) is 6.89. The van der Waals surface area contributed by atoms with Gasteiger partial charge >= 0.3 is 0 Å². The Morgan fingerprint density at radius 3 is 2.06 bits per heavy atom. The molecule has 3 aromatic rings. The van der Waals surface area contributed by atoms with Gasteiger partial charge in [-0.2, -0.15) is 0 Å². The highest BCUT2D eigenvalue weighted by Gasteiger charge is 2.74. The fourth-order valence-electron chi connectivity index (χ4n) is 5.37. The van der Waals surface area contributed by atoms with Crippen LogP contribution in [0.4, 0.5) is 5.69 Å². The van der Waals surface area contributed by atoms with Crippen LogP contribution in [-0.4, -0.2) is 29.0 Å². The highest BCUT2D eigenvalue weighted by atomic mass is 79.9. The minimum atomic E-state index is -2.14. The van der Waals surface area contributed by atoms with Crippen molar-refractivity contribution in [3.8, 4) is 0 Å². The molecule has 2 aliphatic heterocycles. The lowest BCUT2D eigenvalue weighted by molar-refractivity contribution is -0.127. The second-order valence-corrected chi connectivity index (χ2v) is 10.3. The highest BCUT2D eigenvalue weighted by Crippen LogP contribution is 2.58. The third kappa shape index (κ3) is 2.93. The molecule has 3 atom stereocenters. The molecule has 2 heterocycles. The Bertz CT molecular complexity index is 1440. The van der Waals surface area contributed by atoms with E-state index in [9.17, 15) is 19.2 Å². The number of ether oxygens (including phenoxy) is 1. The molecule has 0 radical (unpaired) electrons. The fourth-order valence-corrected chi connectivity index (χ4v) is 6.02. The largest absolute Gasteiger partial charge is 0.349 e. The molecule has 9 heteroatoms. The van der Waals surface area contributed by atoms with E-state index in [4.69, 9.17) is 27.9 Å². The summed E-state index contributed by atoms with van der Waals surface area (Å²) in [5, 5.41) is 0.191. The molecule has 3 aromatic carbocycles. The second kappa shape index (κ2) is 7.83. The van der Waals surface area contributed by atoms with Crippen LogP contribution in [0.1, 0.15) is 32.4 Å². The van der Waals surface area contributed by atoms with Crippen LogP contribution in [0.5, 0.6) is 0 Å². The summed E-state index contributed by atoms with van der Waals surface area (Å²) in [5.74, 6) is -5.03. The van der Waals surface area contributed by atoms with E-state index in [1.54, 1.807) is 42.5 Å². The molecule has 0 N–H and O–H groups in total. The monoisotopic (exact) mass is 569 g/mol. The molecule has 2 fully saturated rings. The highest BCUT2D eigenvalue weighted by molar-refractivity contribution is 9.10. The molecule has 1 spiro atoms. The predicted octanol–water partition coefficient (Wildman–Crippen LogP) is 5.45. The minimum absolute atomic E-state index is 0.0263. The van der Waals surface area contributed by atoms with E-state index >= 15 is 0 Å². The quantitative estimate of drug-likeness (QED) is 0.302. The molecular formula is C26H14BrCl2NO5. The summed E-state index contributed by atoms with van der Waals surface area (Å²) < 4.78 is 7.05. The van der Waals surface area contributed by atoms with E-state index in [1.807, 2.05) is 0 Å². The lowest BCUT2D eigenvalue weighted by atomic mass is 9.77. The Morgan fingerprint density at radius 2 is 1.43 bits per heavy atom. The summed E-state index contributed by atoms with van der Waals surface area (Å²) >= 11 is 15.9. The van der Waals surface area contributed by atoms with Gasteiger partial charge in [-0.25, -0.2) is 4.90 Å². The first kappa shape index (κ1) is 22.6. The van der Waals surface area contributed by atoms with Crippen LogP contribution in [0.2, 0.25) is 10.0 Å². The van der Waals surface area contributed by atoms with Gasteiger partial charge in [0.2, 0.25) is 29.0 Å². The van der Waals surface area contributed by atoms with Gasteiger partial charge in [0.1, 0.15) is 0 Å². The minimum Gasteiger partial charge on any atom is -0.349 e. The summed E-state index contributed by atoms with van der Waals surface area (Å²) in [6.45, 7) is 0. The molecule has 35 heavy (non-hydrogen) atoms. The maximum absolute atomic E-state index is 13.9. The van der Waals surface area contributed by atoms with Crippen molar-refractivity contribution in [2.24, 2.45) is 11.8 Å². The Hall–Kier alpha value is -2.84. The van der Waals surface area contributed by atoms with Crippen LogP contribution in [-0.2, 0) is 14.3 Å². The van der Waals surface area contributed by atoms with E-state index in [0.717, 1.165) is 9.37 Å². The topological polar surface area (TPSA) is 80.8 Å². The van der Waals surface area contributed by atoms with Crippen molar-refractivity contribution in [1.29, 1.82) is 0 Å². The number of benzene rings is 3. The van der Waals surface area contributed by atoms with Gasteiger partial charge in [0.25, 0.3) is 0 Å². The van der Waals surface area contributed by atoms with Crippen molar-refractivity contribution in [3.05, 3.63) is 97.9 Å². The average molecular weight is 571 g/mol. The fraction of sp³-hybridized carbons (Fsp3) is 0.154. The van der Waals surface area contributed by atoms with Gasteiger partial charge in [0.15, 0.2) is 0 Å². The Kier molecular flexibility index (Phi) is 5.06. The van der Waals surface area contributed by atoms with Crippen molar-refractivity contribution in [3.63, 3.8) is 0 Å². The van der Waals surface area contributed by atoms with E-state index in [2.05, 4.69) is 15.9 Å². The van der Waals surface area contributed by atoms with E-state index in [-0.39, 0.29) is 26.9 Å². The lowest BCUT2D eigenvalue weighted by Gasteiger charge is -2.27. The number of amides is 2. The number of carbonyl (C=O) groups is 4. The SMILES string of the molecule is O=C1C2C(c3ccc(Br)cc3)OC3(C(=O)c4ccccc4C3=O)C2C(=O)N1c1cccc(Cl)c1Cl. The molecular weight excluding hydrogens is 557 g/mol. The number of hydrogen-bond donors (Lipinski definition) is 0. The van der Waals surface area contributed by atoms with Crippen molar-refractivity contribution < 1.29 is 23.9 Å². The number of rotatable bonds is 2. The molecule has 2 saturated heterocycles. The number of Topliss-reactive ketones (excluding diaryl/α,β-unsaturated/α-hetero) is 2. The van der Waals surface area contributed by atoms with Gasteiger partial charge in [0.05, 0.1) is 33.7 Å². The molecule has 6 rings (SSSR count). The summed E-state index contributed by atoms with van der Waals surface area (Å²) in [6.07, 6.45) is -1.00. The van der Waals surface area contributed by atoms with Crippen molar-refractivity contribution in [2.75, 3.05) is 4.90 Å². The van der Waals surface area contributed by atoms with Crippen molar-refractivity contribution >= 4 is 68.2 Å². The van der Waals surface area contributed by atoms with Crippen LogP contribution < -0.4 is 4.90 Å². The number of ketones is 2. The number of nitrogens with zero attached hydrogens (tertiary/aromatic N) is 1. The molecule has 0 bridgehead atoms. The number of fused-ring (bicyclic) bond motifs is 3. The molecule has 0 saturated carbocycles. The maximum Gasteiger partial charge on any atom is 0.241 e. The molecule has 2 amide bonds. The van der Waals surface area contributed by atoms with Gasteiger partial charge in [-0.05, 0) is 29.8 Å². The summed E-state index contributed by atoms with van der Waals surface area (Å²) in [4.78, 5) is 56.1. The van der Waals surface area contributed by atoms with Crippen LogP contribution >= 0.6 is 39.1 Å². The van der Waals surface area contributed by atoms with Gasteiger partial charge in [-0.1, -0.05) is 81.6 Å². The van der Waals surface area contributed by atoms with Crippen LogP contribution in [0.25, 0.3) is 0 Å². The molecule has 6 nitrogen and oxygen atoms in total. The van der Waals surface area contributed by atoms with Gasteiger partial charge < -0.3 is 4.74 Å². The number of carbonyl (C=O) groups excluding carboxylic acids is 4. The predicted molar refractivity (Wildman–Crippen MR) is 132 cm³/mol. The van der Waals surface area contributed by atoms with Gasteiger partial charge in [-0.3, -0.25) is 19.2 Å². The summed E-state index contributed by atoms with van der Waals surface area (Å²) in [7, 11) is 0. The van der Waals surface area contributed by atoms with Crippen LogP contribution in [0, 0.1) is 11.8 Å². The second-order valence-electron chi connectivity index (χ2n) is 8.62. The first-order valence-corrected chi connectivity index (χ1v) is 12.3. The van der Waals surface area contributed by atoms with Crippen LogP contribution in [0.15, 0.2) is 71.2 Å². The van der Waals surface area contributed by atoms with Crippen molar-refractivity contribution in [1.82, 2.24) is 0 Å². The number of anilines is 1. The molecule has 174 valence electrons. The van der Waals surface area contributed by atoms with E-state index < -0.39 is 46.9 Å². The number of imide groups is 1. The lowest BCUT2D eigenvalue weighted by Crippen LogP contribution is -2.51. The maximum atomic E-state index is 13.9. The zero-order chi connectivity index (χ0) is 24.6. The Balaban J connectivity index is 1.56. The smallest absolute Gasteiger partial charge is 0.241 e. The Labute approximate surface area is 217 Å². The standard InChI is InChI=1S/C26H14BrCl2NO5/c27-13-10-8-12(9-11-13)21-18-19(25(34)30(24(18)33)17-7-3-6-16(28)20(17)29)26(35-21)22(31)14-4-1-2-5-15(14)23(26)32/h1-11,18-19,21H. The average Bonchev–Trinajstić information content (AvgIpc) is 3.42. The van der Waals surface area contributed by atoms with E-state index in [0.29, 0.717) is 5.56 Å². The molecule has 3 aliphatic rings. The zero-order valence-corrected chi connectivity index (χ0v) is 20.8. The number of halogens is 3. The van der Waals surface area contributed by atoms with Gasteiger partial charge in [0, 0.05) is 15.6 Å². The van der Waals surface area contributed by atoms with E-state index in [1.165, 1.54) is 24.3 Å². The first-order chi connectivity index (χ1) is 16.8. The third-order valence-corrected chi connectivity index (χ3v) is 8.23. The van der Waals surface area contributed by atoms with Crippen molar-refractivity contribution in [2.45, 2.75) is 11.7 Å². The summed E-state index contributed by atoms with van der Waals surface area (Å²) in [5.41, 5.74) is -1.13.